The molecule has 2 nitrogen and oxygen atoms in total. The molecule has 1 atom stereocenters. The Labute approximate surface area is 67.2 Å². The number of aliphatic hydroxyl groups excluding tert-OH is 1. The lowest BCUT2D eigenvalue weighted by molar-refractivity contribution is 0.158. The van der Waals surface area contributed by atoms with Gasteiger partial charge in [-0.05, 0) is 0 Å². The van der Waals surface area contributed by atoms with Crippen LogP contribution in [0.1, 0.15) is 13.3 Å². The van der Waals surface area contributed by atoms with Crippen molar-refractivity contribution in [2.45, 2.75) is 19.4 Å². The highest BCUT2D eigenvalue weighted by Crippen LogP contribution is 2.20. The van der Waals surface area contributed by atoms with Gasteiger partial charge in [0.1, 0.15) is 0 Å². The Kier molecular flexibility index (Phi) is 2.60. The first-order chi connectivity index (χ1) is 5.27. The zero-order chi connectivity index (χ0) is 8.27. The summed E-state index contributed by atoms with van der Waals surface area (Å²) in [6.45, 7) is 2.07. The molecule has 1 N–H and O–H groups in total. The first-order valence-corrected chi connectivity index (χ1v) is 3.75. The van der Waals surface area contributed by atoms with Crippen LogP contribution >= 0.6 is 0 Å². The van der Waals surface area contributed by atoms with Gasteiger partial charge in [-0.1, -0.05) is 13.3 Å². The Morgan fingerprint density at radius 2 is 2.45 bits per heavy atom. The second-order valence-corrected chi connectivity index (χ2v) is 2.48. The first kappa shape index (κ1) is 8.21. The maximum Gasteiger partial charge on any atom is 0.0603 e. The highest BCUT2D eigenvalue weighted by atomic mass is 16.5. The topological polar surface area (TPSA) is 29.5 Å². The van der Waals surface area contributed by atoms with Gasteiger partial charge in [0.15, 0.2) is 0 Å². The lowest BCUT2D eigenvalue weighted by atomic mass is 9.98. The van der Waals surface area contributed by atoms with Crippen molar-refractivity contribution >= 4 is 0 Å². The van der Waals surface area contributed by atoms with Crippen molar-refractivity contribution in [3.63, 3.8) is 0 Å². The van der Waals surface area contributed by atoms with Crippen molar-refractivity contribution in [3.8, 4) is 0 Å². The molecule has 0 amide bonds. The average Bonchev–Trinajstić information content (AvgIpc) is 2.05. The molecule has 0 spiro atoms. The predicted octanol–water partition coefficient (Wildman–Crippen LogP) is 1.43. The summed E-state index contributed by atoms with van der Waals surface area (Å²) in [4.78, 5) is 0. The summed E-state index contributed by atoms with van der Waals surface area (Å²) >= 11 is 0. The second-order valence-electron chi connectivity index (χ2n) is 2.48. The minimum Gasteiger partial charge on any atom is -0.555 e. The molecule has 11 heavy (non-hydrogen) atoms. The summed E-state index contributed by atoms with van der Waals surface area (Å²) in [7, 11) is 1.57. The fourth-order valence-electron chi connectivity index (χ4n) is 1.03. The van der Waals surface area contributed by atoms with Crippen LogP contribution in [-0.4, -0.2) is 18.3 Å². The molecule has 0 aromatic rings. The molecule has 1 unspecified atom stereocenters. The van der Waals surface area contributed by atoms with Gasteiger partial charge < -0.3 is 9.84 Å². The maximum atomic E-state index is 9.29. The van der Waals surface area contributed by atoms with Gasteiger partial charge in [-0.25, -0.2) is 0 Å². The number of methoxy groups -OCH3 is 1. The van der Waals surface area contributed by atoms with Gasteiger partial charge in [0.2, 0.25) is 0 Å². The molecule has 0 saturated heterocycles. The van der Waals surface area contributed by atoms with E-state index in [1.165, 1.54) is 5.92 Å². The number of allylic oxidation sites excluding steroid dienone is 2. The van der Waals surface area contributed by atoms with E-state index in [2.05, 4.69) is 6.92 Å². The number of rotatable bonds is 2. The molecule has 0 bridgehead atoms. The average molecular weight is 153 g/mol. The van der Waals surface area contributed by atoms with Crippen molar-refractivity contribution in [2.75, 3.05) is 7.11 Å². The minimum absolute atomic E-state index is 0.560. The third kappa shape index (κ3) is 1.77. The van der Waals surface area contributed by atoms with E-state index in [-0.39, 0.29) is 0 Å². The molecule has 0 heterocycles. The lowest BCUT2D eigenvalue weighted by Gasteiger charge is -2.26. The summed E-state index contributed by atoms with van der Waals surface area (Å²) in [5.74, 6) is 1.82. The third-order valence-corrected chi connectivity index (χ3v) is 1.76. The molecule has 0 saturated carbocycles. The predicted molar refractivity (Wildman–Crippen MR) is 43.8 cm³/mol. The first-order valence-electron chi connectivity index (χ1n) is 3.75. The van der Waals surface area contributed by atoms with Gasteiger partial charge in [-0.3, -0.25) is 0 Å². The van der Waals surface area contributed by atoms with E-state index in [0.717, 1.165) is 6.42 Å². The Balaban J connectivity index is 2.67. The van der Waals surface area contributed by atoms with Gasteiger partial charge in [-0.15, -0.1) is 6.08 Å². The van der Waals surface area contributed by atoms with Crippen molar-refractivity contribution in [2.24, 2.45) is 0 Å². The number of hydrogen-bond acceptors (Lipinski definition) is 2. The highest BCUT2D eigenvalue weighted by Gasteiger charge is 2.04. The Bertz CT molecular complexity index is 182. The monoisotopic (exact) mass is 153 g/mol. The quantitative estimate of drug-likeness (QED) is 0.608. The minimum atomic E-state index is -0.560. The van der Waals surface area contributed by atoms with Crippen LogP contribution < -0.4 is 0 Å². The molecule has 0 aliphatic heterocycles. The fourth-order valence-corrected chi connectivity index (χ4v) is 1.03. The second kappa shape index (κ2) is 3.49. The largest absolute Gasteiger partial charge is 0.555 e. The van der Waals surface area contributed by atoms with Crippen molar-refractivity contribution in [3.05, 3.63) is 29.9 Å². The van der Waals surface area contributed by atoms with Crippen LogP contribution in [0.15, 0.2) is 24.0 Å². The highest BCUT2D eigenvalue weighted by molar-refractivity contribution is 5.32. The maximum absolute atomic E-state index is 9.29. The van der Waals surface area contributed by atoms with Crippen LogP contribution in [0, 0.1) is 5.92 Å². The van der Waals surface area contributed by atoms with Gasteiger partial charge in [0, 0.05) is 11.9 Å². The van der Waals surface area contributed by atoms with Gasteiger partial charge >= 0.3 is 0 Å². The number of aliphatic hydroxyl groups is 1. The fraction of sp³-hybridized carbons (Fsp3) is 0.444. The zero-order valence-corrected chi connectivity index (χ0v) is 6.87. The standard InChI is InChI=1S/C9H13O2/c1-3-7-4-5-8(10)9(6-7)11-2/h4-6,8,10H,3H2,1-2H3/q-1. The van der Waals surface area contributed by atoms with E-state index in [1.54, 1.807) is 13.2 Å². The van der Waals surface area contributed by atoms with Crippen LogP contribution in [0.3, 0.4) is 0 Å². The van der Waals surface area contributed by atoms with Crippen LogP contribution in [0.25, 0.3) is 0 Å². The van der Waals surface area contributed by atoms with Gasteiger partial charge in [-0.2, -0.15) is 18.1 Å². The summed E-state index contributed by atoms with van der Waals surface area (Å²) in [6, 6.07) is 0. The van der Waals surface area contributed by atoms with Gasteiger partial charge in [0.05, 0.1) is 7.11 Å². The molecule has 62 valence electrons. The summed E-state index contributed by atoms with van der Waals surface area (Å²) < 4.78 is 4.97. The molecule has 0 fully saturated rings. The molecular weight excluding hydrogens is 140 g/mol. The van der Waals surface area contributed by atoms with Gasteiger partial charge in [0.25, 0.3) is 0 Å². The summed E-state index contributed by atoms with van der Waals surface area (Å²) in [5, 5.41) is 9.29. The van der Waals surface area contributed by atoms with Crippen LogP contribution in [0.4, 0.5) is 0 Å². The van der Waals surface area contributed by atoms with Crippen LogP contribution in [0.2, 0.25) is 0 Å². The molecule has 0 aromatic carbocycles. The molecular formula is C9H13O2-. The van der Waals surface area contributed by atoms with E-state index < -0.39 is 6.10 Å². The third-order valence-electron chi connectivity index (χ3n) is 1.76. The SMILES string of the molecule is CC[C-]1C=CC(O)C(OC)=C1. The van der Waals surface area contributed by atoms with Crippen molar-refractivity contribution < 1.29 is 9.84 Å². The van der Waals surface area contributed by atoms with Crippen molar-refractivity contribution in [1.29, 1.82) is 0 Å². The van der Waals surface area contributed by atoms with E-state index in [9.17, 15) is 5.11 Å². The number of hydrogen-bond donors (Lipinski definition) is 1. The van der Waals surface area contributed by atoms with E-state index in [0.29, 0.717) is 5.76 Å². The molecule has 0 radical (unpaired) electrons. The Hall–Kier alpha value is -0.890. The molecule has 2 heteroatoms. The normalized spacial score (nSPS) is 23.4. The molecule has 1 aliphatic carbocycles. The Morgan fingerprint density at radius 3 is 3.00 bits per heavy atom. The lowest BCUT2D eigenvalue weighted by Crippen LogP contribution is -2.13. The van der Waals surface area contributed by atoms with E-state index in [1.807, 2.05) is 12.2 Å². The van der Waals surface area contributed by atoms with Crippen molar-refractivity contribution in [1.82, 2.24) is 0 Å². The zero-order valence-electron chi connectivity index (χ0n) is 6.87. The smallest absolute Gasteiger partial charge is 0.0603 e. The summed E-state index contributed by atoms with van der Waals surface area (Å²) in [6.07, 6.45) is 5.95. The van der Waals surface area contributed by atoms with Crippen LogP contribution in [0.5, 0.6) is 0 Å². The number of ether oxygens (including phenoxy) is 1. The van der Waals surface area contributed by atoms with Crippen LogP contribution in [-0.2, 0) is 4.74 Å². The summed E-state index contributed by atoms with van der Waals surface area (Å²) in [5.41, 5.74) is 0. The molecule has 1 rings (SSSR count). The molecule has 1 aliphatic rings. The van der Waals surface area contributed by atoms with E-state index in [4.69, 9.17) is 4.74 Å². The Morgan fingerprint density at radius 1 is 1.73 bits per heavy atom. The molecule has 0 aromatic heterocycles. The van der Waals surface area contributed by atoms with E-state index >= 15 is 0 Å².